The fourth-order valence-corrected chi connectivity index (χ4v) is 3.66. The van der Waals surface area contributed by atoms with Gasteiger partial charge in [-0.25, -0.2) is 0 Å². The molecule has 0 aromatic carbocycles. The summed E-state index contributed by atoms with van der Waals surface area (Å²) in [4.78, 5) is 0. The molecule has 1 aliphatic heterocycles. The first kappa shape index (κ1) is 13.0. The van der Waals surface area contributed by atoms with Crippen LogP contribution in [-0.4, -0.2) is 17.5 Å². The van der Waals surface area contributed by atoms with Gasteiger partial charge in [-0.3, -0.25) is 0 Å². The molecule has 0 radical (unpaired) electrons. The lowest BCUT2D eigenvalue weighted by atomic mass is 10.1. The Morgan fingerprint density at radius 1 is 1.47 bits per heavy atom. The lowest BCUT2D eigenvalue weighted by molar-refractivity contribution is 0.374. The number of hydrogen-bond acceptors (Lipinski definition) is 3. The van der Waals surface area contributed by atoms with Crippen molar-refractivity contribution in [3.05, 3.63) is 23.7 Å². The predicted molar refractivity (Wildman–Crippen MR) is 74.5 cm³/mol. The third-order valence-corrected chi connectivity index (χ3v) is 4.61. The van der Waals surface area contributed by atoms with E-state index in [-0.39, 0.29) is 0 Å². The summed E-state index contributed by atoms with van der Waals surface area (Å²) in [5.41, 5.74) is 0. The molecule has 1 aromatic heterocycles. The van der Waals surface area contributed by atoms with Gasteiger partial charge < -0.3 is 9.73 Å². The van der Waals surface area contributed by atoms with Crippen LogP contribution in [0.1, 0.15) is 44.3 Å². The summed E-state index contributed by atoms with van der Waals surface area (Å²) in [6, 6.07) is 4.59. The molecule has 2 rings (SSSR count). The van der Waals surface area contributed by atoms with E-state index in [4.69, 9.17) is 4.42 Å². The number of nitrogens with one attached hydrogen (secondary N) is 1. The first-order valence-corrected chi connectivity index (χ1v) is 7.63. The molecule has 1 fully saturated rings. The van der Waals surface area contributed by atoms with Crippen molar-refractivity contribution in [1.82, 2.24) is 5.32 Å². The highest BCUT2D eigenvalue weighted by molar-refractivity contribution is 8.00. The summed E-state index contributed by atoms with van der Waals surface area (Å²) in [6.45, 7) is 7.57. The van der Waals surface area contributed by atoms with E-state index in [9.17, 15) is 0 Å². The summed E-state index contributed by atoms with van der Waals surface area (Å²) in [7, 11) is 0. The summed E-state index contributed by atoms with van der Waals surface area (Å²) in [5.74, 6) is 4.10. The van der Waals surface area contributed by atoms with Gasteiger partial charge in [0.1, 0.15) is 11.5 Å². The molecule has 17 heavy (non-hydrogen) atoms. The second-order valence-corrected chi connectivity index (χ2v) is 6.63. The topological polar surface area (TPSA) is 25.2 Å². The molecule has 2 heterocycles. The Bertz CT molecular complexity index is 342. The van der Waals surface area contributed by atoms with Gasteiger partial charge in [0, 0.05) is 5.25 Å². The van der Waals surface area contributed by atoms with Crippen LogP contribution in [0, 0.1) is 12.8 Å². The molecule has 2 atom stereocenters. The highest BCUT2D eigenvalue weighted by Gasteiger charge is 2.28. The van der Waals surface area contributed by atoms with Crippen LogP contribution in [0.4, 0.5) is 0 Å². The molecule has 0 spiro atoms. The zero-order valence-electron chi connectivity index (χ0n) is 11.0. The molecule has 0 saturated carbocycles. The molecule has 3 heteroatoms. The summed E-state index contributed by atoms with van der Waals surface area (Å²) in [5, 5.41) is 4.36. The van der Waals surface area contributed by atoms with Crippen molar-refractivity contribution in [1.29, 1.82) is 0 Å². The second kappa shape index (κ2) is 5.96. The average Bonchev–Trinajstić information content (AvgIpc) is 2.90. The Balaban J connectivity index is 2.05. The van der Waals surface area contributed by atoms with E-state index in [2.05, 4.69) is 43.1 Å². The molecule has 96 valence electrons. The van der Waals surface area contributed by atoms with Gasteiger partial charge in [0.25, 0.3) is 0 Å². The maximum Gasteiger partial charge on any atom is 0.122 e. The number of furan rings is 1. The van der Waals surface area contributed by atoms with Crippen molar-refractivity contribution in [3.63, 3.8) is 0 Å². The van der Waals surface area contributed by atoms with Gasteiger partial charge in [-0.1, -0.05) is 13.8 Å². The maximum atomic E-state index is 5.81. The van der Waals surface area contributed by atoms with Crippen LogP contribution in [0.5, 0.6) is 0 Å². The fourth-order valence-electron chi connectivity index (χ4n) is 2.26. The molecule has 0 amide bonds. The Labute approximate surface area is 109 Å². The van der Waals surface area contributed by atoms with E-state index >= 15 is 0 Å². The lowest BCUT2D eigenvalue weighted by Crippen LogP contribution is -2.31. The molecule has 2 nitrogen and oxygen atoms in total. The molecular formula is C14H23NOS. The minimum atomic E-state index is 0.388. The van der Waals surface area contributed by atoms with Crippen molar-refractivity contribution in [3.8, 4) is 0 Å². The second-order valence-electron chi connectivity index (χ2n) is 5.28. The quantitative estimate of drug-likeness (QED) is 0.864. The van der Waals surface area contributed by atoms with Crippen molar-refractivity contribution in [2.45, 2.75) is 44.9 Å². The van der Waals surface area contributed by atoms with Crippen LogP contribution in [0.15, 0.2) is 16.5 Å². The van der Waals surface area contributed by atoms with E-state index < -0.39 is 0 Å². The van der Waals surface area contributed by atoms with E-state index in [0.717, 1.165) is 18.1 Å². The fraction of sp³-hybridized carbons (Fsp3) is 0.714. The number of rotatable bonds is 5. The van der Waals surface area contributed by atoms with Crippen LogP contribution >= 0.6 is 11.8 Å². The molecule has 1 N–H and O–H groups in total. The smallest absolute Gasteiger partial charge is 0.122 e. The summed E-state index contributed by atoms with van der Waals surface area (Å²) in [6.07, 6.45) is 2.65. The van der Waals surface area contributed by atoms with E-state index in [0.29, 0.717) is 17.2 Å². The lowest BCUT2D eigenvalue weighted by Gasteiger charge is -2.23. The zero-order chi connectivity index (χ0) is 12.3. The first-order chi connectivity index (χ1) is 8.16. The summed E-state index contributed by atoms with van der Waals surface area (Å²) < 4.78 is 5.81. The van der Waals surface area contributed by atoms with Crippen LogP contribution in [0.25, 0.3) is 0 Å². The third kappa shape index (κ3) is 3.52. The normalized spacial score (nSPS) is 22.2. The van der Waals surface area contributed by atoms with Crippen LogP contribution in [0.2, 0.25) is 0 Å². The minimum Gasteiger partial charge on any atom is -0.465 e. The monoisotopic (exact) mass is 253 g/mol. The molecule has 0 aliphatic carbocycles. The Morgan fingerprint density at radius 2 is 2.29 bits per heavy atom. The zero-order valence-corrected chi connectivity index (χ0v) is 11.8. The van der Waals surface area contributed by atoms with Gasteiger partial charge >= 0.3 is 0 Å². The van der Waals surface area contributed by atoms with Gasteiger partial charge in [0.15, 0.2) is 0 Å². The van der Waals surface area contributed by atoms with Gasteiger partial charge in [0.2, 0.25) is 0 Å². The van der Waals surface area contributed by atoms with E-state index in [1.807, 2.05) is 6.92 Å². The molecule has 1 aromatic rings. The molecule has 1 aliphatic rings. The van der Waals surface area contributed by atoms with Gasteiger partial charge in [-0.2, -0.15) is 11.8 Å². The standard InChI is InChI=1S/C14H23NOS/c1-10(2)9-15-14(13-5-4-8-17-13)12-7-6-11(3)16-12/h6-7,10,13-15H,4-5,8-9H2,1-3H3. The number of aryl methyl sites for hydroxylation is 1. The largest absolute Gasteiger partial charge is 0.465 e. The van der Waals surface area contributed by atoms with Crippen LogP contribution in [0.3, 0.4) is 0 Å². The molecule has 2 unspecified atom stereocenters. The van der Waals surface area contributed by atoms with Crippen molar-refractivity contribution in [2.75, 3.05) is 12.3 Å². The van der Waals surface area contributed by atoms with Crippen molar-refractivity contribution in [2.24, 2.45) is 5.92 Å². The number of thioether (sulfide) groups is 1. The van der Waals surface area contributed by atoms with E-state index in [1.54, 1.807) is 0 Å². The highest BCUT2D eigenvalue weighted by Crippen LogP contribution is 2.36. The van der Waals surface area contributed by atoms with Crippen molar-refractivity contribution < 1.29 is 4.42 Å². The van der Waals surface area contributed by atoms with Gasteiger partial charge in [0.05, 0.1) is 6.04 Å². The van der Waals surface area contributed by atoms with Gasteiger partial charge in [-0.05, 0) is 50.1 Å². The molecule has 1 saturated heterocycles. The van der Waals surface area contributed by atoms with E-state index in [1.165, 1.54) is 18.6 Å². The first-order valence-electron chi connectivity index (χ1n) is 6.58. The van der Waals surface area contributed by atoms with Crippen LogP contribution in [-0.2, 0) is 0 Å². The third-order valence-electron chi connectivity index (χ3n) is 3.15. The van der Waals surface area contributed by atoms with Gasteiger partial charge in [-0.15, -0.1) is 0 Å². The predicted octanol–water partition coefficient (Wildman–Crippen LogP) is 3.77. The molecule has 0 bridgehead atoms. The average molecular weight is 253 g/mol. The Kier molecular flexibility index (Phi) is 4.57. The SMILES string of the molecule is Cc1ccc(C(NCC(C)C)C2CCCS2)o1. The number of hydrogen-bond donors (Lipinski definition) is 1. The Morgan fingerprint density at radius 3 is 2.82 bits per heavy atom. The maximum absolute atomic E-state index is 5.81. The Hall–Kier alpha value is -0.410. The summed E-state index contributed by atoms with van der Waals surface area (Å²) >= 11 is 2.08. The molecular weight excluding hydrogens is 230 g/mol. The van der Waals surface area contributed by atoms with Crippen molar-refractivity contribution >= 4 is 11.8 Å². The minimum absolute atomic E-state index is 0.388. The highest BCUT2D eigenvalue weighted by atomic mass is 32.2. The van der Waals surface area contributed by atoms with Crippen LogP contribution < -0.4 is 5.32 Å².